The van der Waals surface area contributed by atoms with Gasteiger partial charge in [-0.05, 0) is 30.2 Å². The molecule has 0 aromatic heterocycles. The molecule has 1 heterocycles. The van der Waals surface area contributed by atoms with Crippen molar-refractivity contribution in [3.05, 3.63) is 34.1 Å². The van der Waals surface area contributed by atoms with Crippen LogP contribution in [0, 0.1) is 5.82 Å². The number of unbranched alkanes of at least 4 members (excludes halogenated alkanes) is 2. The minimum Gasteiger partial charge on any atom is -0.314 e. The normalized spacial score (nSPS) is 16.5. The molecule has 22 heavy (non-hydrogen) atoms. The van der Waals surface area contributed by atoms with E-state index in [9.17, 15) is 4.39 Å². The molecule has 1 N–H and O–H groups in total. The molecule has 0 spiro atoms. The lowest BCUT2D eigenvalue weighted by atomic mass is 9.98. The first-order valence-electron chi connectivity index (χ1n) is 7.62. The van der Waals surface area contributed by atoms with Crippen molar-refractivity contribution in [1.82, 2.24) is 10.2 Å². The Bertz CT molecular complexity index is 429. The first-order valence-corrected chi connectivity index (χ1v) is 8.41. The van der Waals surface area contributed by atoms with Gasteiger partial charge in [0.1, 0.15) is 5.82 Å². The molecule has 0 aliphatic carbocycles. The zero-order valence-corrected chi connectivity index (χ0v) is 16.2. The zero-order chi connectivity index (χ0) is 14.4. The first-order chi connectivity index (χ1) is 9.72. The largest absolute Gasteiger partial charge is 0.314 e. The van der Waals surface area contributed by atoms with E-state index in [0.29, 0.717) is 6.04 Å². The Hall–Kier alpha value is 0.130. The predicted octanol–water partition coefficient (Wildman–Crippen LogP) is 4.96. The van der Waals surface area contributed by atoms with E-state index in [4.69, 9.17) is 0 Å². The number of nitrogens with one attached hydrogen (secondary N) is 1. The molecular formula is C16H26BrCl2FN2. The molecule has 1 atom stereocenters. The third-order valence-corrected chi connectivity index (χ3v) is 4.71. The third-order valence-electron chi connectivity index (χ3n) is 3.99. The second kappa shape index (κ2) is 11.6. The van der Waals surface area contributed by atoms with Gasteiger partial charge < -0.3 is 5.32 Å². The molecule has 2 nitrogen and oxygen atoms in total. The van der Waals surface area contributed by atoms with Crippen molar-refractivity contribution in [3.8, 4) is 0 Å². The number of rotatable bonds is 6. The summed E-state index contributed by atoms with van der Waals surface area (Å²) < 4.78 is 14.6. The number of halogens is 4. The van der Waals surface area contributed by atoms with E-state index < -0.39 is 0 Å². The van der Waals surface area contributed by atoms with E-state index in [2.05, 4.69) is 33.1 Å². The molecular weight excluding hydrogens is 390 g/mol. The maximum atomic E-state index is 13.6. The average Bonchev–Trinajstić information content (AvgIpc) is 2.48. The highest BCUT2D eigenvalue weighted by atomic mass is 79.9. The van der Waals surface area contributed by atoms with Gasteiger partial charge in [-0.3, -0.25) is 4.90 Å². The highest BCUT2D eigenvalue weighted by molar-refractivity contribution is 9.10. The Morgan fingerprint density at radius 2 is 1.91 bits per heavy atom. The number of hydrogen-bond acceptors (Lipinski definition) is 2. The van der Waals surface area contributed by atoms with E-state index in [0.717, 1.165) is 42.6 Å². The van der Waals surface area contributed by atoms with Crippen LogP contribution in [0.3, 0.4) is 0 Å². The lowest BCUT2D eigenvalue weighted by molar-refractivity contribution is 0.162. The Balaban J connectivity index is 0.00000220. The lowest BCUT2D eigenvalue weighted by Crippen LogP contribution is -2.45. The minimum atomic E-state index is -0.140. The number of piperazine rings is 1. The van der Waals surface area contributed by atoms with Gasteiger partial charge in [-0.1, -0.05) is 42.1 Å². The van der Waals surface area contributed by atoms with Gasteiger partial charge in [0.05, 0.1) is 0 Å². The monoisotopic (exact) mass is 414 g/mol. The molecule has 0 amide bonds. The smallest absolute Gasteiger partial charge is 0.123 e. The summed E-state index contributed by atoms with van der Waals surface area (Å²) >= 11 is 3.60. The summed E-state index contributed by atoms with van der Waals surface area (Å²) in [6.45, 7) is 6.35. The third kappa shape index (κ3) is 6.32. The summed E-state index contributed by atoms with van der Waals surface area (Å²) in [5, 5.41) is 3.39. The van der Waals surface area contributed by atoms with Gasteiger partial charge in [-0.2, -0.15) is 0 Å². The summed E-state index contributed by atoms with van der Waals surface area (Å²) in [5.74, 6) is -0.140. The van der Waals surface area contributed by atoms with Crippen molar-refractivity contribution < 1.29 is 4.39 Å². The highest BCUT2D eigenvalue weighted by Gasteiger charge is 2.23. The molecule has 1 aliphatic heterocycles. The first kappa shape index (κ1) is 22.1. The van der Waals surface area contributed by atoms with Crippen LogP contribution in [0.2, 0.25) is 0 Å². The van der Waals surface area contributed by atoms with E-state index in [1.54, 1.807) is 6.07 Å². The quantitative estimate of drug-likeness (QED) is 0.660. The Morgan fingerprint density at radius 3 is 2.55 bits per heavy atom. The van der Waals surface area contributed by atoms with Gasteiger partial charge in [0.15, 0.2) is 0 Å². The molecule has 0 saturated carbocycles. The van der Waals surface area contributed by atoms with Gasteiger partial charge >= 0.3 is 0 Å². The second-order valence-electron chi connectivity index (χ2n) is 5.46. The fourth-order valence-electron chi connectivity index (χ4n) is 2.89. The standard InChI is InChI=1S/C16H24BrFN2.2ClH/c1-2-3-4-5-16(20-10-8-19-9-11-20)14-12-13(18)6-7-15(14)17;;/h6-7,12,16,19H,2-5,8-11H2,1H3;2*1H/t16-;;/m1../s1. The van der Waals surface area contributed by atoms with Crippen LogP contribution >= 0.6 is 40.7 Å². The number of nitrogens with zero attached hydrogens (tertiary/aromatic N) is 1. The Morgan fingerprint density at radius 1 is 1.23 bits per heavy atom. The second-order valence-corrected chi connectivity index (χ2v) is 6.32. The fourth-order valence-corrected chi connectivity index (χ4v) is 3.40. The maximum Gasteiger partial charge on any atom is 0.123 e. The van der Waals surface area contributed by atoms with Crippen LogP contribution in [0.25, 0.3) is 0 Å². The molecule has 0 radical (unpaired) electrons. The average molecular weight is 416 g/mol. The van der Waals surface area contributed by atoms with Crippen LogP contribution in [0.1, 0.15) is 44.2 Å². The topological polar surface area (TPSA) is 15.3 Å². The summed E-state index contributed by atoms with van der Waals surface area (Å²) in [7, 11) is 0. The van der Waals surface area contributed by atoms with Crippen LogP contribution in [-0.2, 0) is 0 Å². The molecule has 0 bridgehead atoms. The molecule has 1 saturated heterocycles. The maximum absolute atomic E-state index is 13.6. The van der Waals surface area contributed by atoms with Crippen molar-refractivity contribution in [3.63, 3.8) is 0 Å². The fraction of sp³-hybridized carbons (Fsp3) is 0.625. The lowest BCUT2D eigenvalue weighted by Gasteiger charge is -2.36. The van der Waals surface area contributed by atoms with Crippen LogP contribution in [-0.4, -0.2) is 31.1 Å². The molecule has 1 aromatic rings. The highest BCUT2D eigenvalue weighted by Crippen LogP contribution is 2.32. The van der Waals surface area contributed by atoms with E-state index in [-0.39, 0.29) is 30.6 Å². The van der Waals surface area contributed by atoms with Crippen LogP contribution in [0.15, 0.2) is 22.7 Å². The molecule has 1 fully saturated rings. The van der Waals surface area contributed by atoms with Crippen molar-refractivity contribution in [1.29, 1.82) is 0 Å². The Labute approximate surface area is 154 Å². The summed E-state index contributed by atoms with van der Waals surface area (Å²) in [6, 6.07) is 5.38. The molecule has 1 aromatic carbocycles. The molecule has 0 unspecified atom stereocenters. The zero-order valence-electron chi connectivity index (χ0n) is 13.0. The number of hydrogen-bond donors (Lipinski definition) is 1. The van der Waals surface area contributed by atoms with Crippen molar-refractivity contribution >= 4 is 40.7 Å². The van der Waals surface area contributed by atoms with Crippen molar-refractivity contribution in [2.24, 2.45) is 0 Å². The predicted molar refractivity (Wildman–Crippen MR) is 99.9 cm³/mol. The summed E-state index contributed by atoms with van der Waals surface area (Å²) in [6.07, 6.45) is 4.78. The van der Waals surface area contributed by atoms with E-state index >= 15 is 0 Å². The SMILES string of the molecule is CCCCC[C@H](c1cc(F)ccc1Br)N1CCNCC1.Cl.Cl. The van der Waals surface area contributed by atoms with Crippen molar-refractivity contribution in [2.75, 3.05) is 26.2 Å². The molecule has 6 heteroatoms. The summed E-state index contributed by atoms with van der Waals surface area (Å²) in [5.41, 5.74) is 1.10. The Kier molecular flexibility index (Phi) is 11.7. The molecule has 2 rings (SSSR count). The van der Waals surface area contributed by atoms with Crippen LogP contribution < -0.4 is 5.32 Å². The molecule has 128 valence electrons. The van der Waals surface area contributed by atoms with Gasteiger partial charge in [0.2, 0.25) is 0 Å². The van der Waals surface area contributed by atoms with Crippen LogP contribution in [0.5, 0.6) is 0 Å². The van der Waals surface area contributed by atoms with Crippen molar-refractivity contribution in [2.45, 2.75) is 38.6 Å². The number of benzene rings is 1. The van der Waals surface area contributed by atoms with Gasteiger partial charge in [-0.25, -0.2) is 4.39 Å². The van der Waals surface area contributed by atoms with Gasteiger partial charge in [-0.15, -0.1) is 24.8 Å². The van der Waals surface area contributed by atoms with Gasteiger partial charge in [0.25, 0.3) is 0 Å². The van der Waals surface area contributed by atoms with E-state index in [1.807, 2.05) is 6.07 Å². The van der Waals surface area contributed by atoms with Crippen LogP contribution in [0.4, 0.5) is 4.39 Å². The summed E-state index contributed by atoms with van der Waals surface area (Å²) in [4.78, 5) is 2.49. The van der Waals surface area contributed by atoms with E-state index in [1.165, 1.54) is 25.3 Å². The molecule has 1 aliphatic rings. The minimum absolute atomic E-state index is 0. The van der Waals surface area contributed by atoms with Gasteiger partial charge in [0, 0.05) is 36.7 Å².